The van der Waals surface area contributed by atoms with Gasteiger partial charge in [0.15, 0.2) is 0 Å². The van der Waals surface area contributed by atoms with Gasteiger partial charge in [0.05, 0.1) is 19.6 Å². The molecule has 0 saturated heterocycles. The van der Waals surface area contributed by atoms with Gasteiger partial charge in [-0.1, -0.05) is 24.3 Å². The summed E-state index contributed by atoms with van der Waals surface area (Å²) >= 11 is 0. The van der Waals surface area contributed by atoms with Crippen molar-refractivity contribution < 1.29 is 9.53 Å². The summed E-state index contributed by atoms with van der Waals surface area (Å²) in [6, 6.07) is 8.77. The van der Waals surface area contributed by atoms with Gasteiger partial charge in [-0.15, -0.1) is 0 Å². The first-order valence-corrected chi connectivity index (χ1v) is 6.46. The van der Waals surface area contributed by atoms with E-state index in [0.29, 0.717) is 5.69 Å². The van der Waals surface area contributed by atoms with Gasteiger partial charge in [-0.2, -0.15) is 0 Å². The van der Waals surface area contributed by atoms with Crippen LogP contribution in [-0.2, 0) is 17.6 Å². The number of esters is 1. The third kappa shape index (κ3) is 2.14. The molecule has 4 heteroatoms. The lowest BCUT2D eigenvalue weighted by molar-refractivity contribution is 0.0585. The van der Waals surface area contributed by atoms with E-state index in [1.165, 1.54) is 18.2 Å². The number of carbonyl (C=O) groups excluding carboxylic acids is 1. The maximum atomic E-state index is 11.7. The third-order valence-corrected chi connectivity index (χ3v) is 3.77. The molecule has 1 unspecified atom stereocenters. The molecule has 0 fully saturated rings. The van der Waals surface area contributed by atoms with Gasteiger partial charge < -0.3 is 9.30 Å². The molecule has 4 nitrogen and oxygen atoms in total. The molecule has 0 amide bonds. The van der Waals surface area contributed by atoms with Crippen LogP contribution in [0.25, 0.3) is 0 Å². The van der Waals surface area contributed by atoms with Crippen LogP contribution in [0.5, 0.6) is 0 Å². The predicted molar refractivity (Wildman–Crippen MR) is 71.1 cm³/mol. The molecule has 0 aliphatic heterocycles. The Morgan fingerprint density at radius 1 is 1.37 bits per heavy atom. The highest BCUT2D eigenvalue weighted by Gasteiger charge is 2.23. The molecule has 0 bridgehead atoms. The Morgan fingerprint density at radius 2 is 2.16 bits per heavy atom. The van der Waals surface area contributed by atoms with Crippen molar-refractivity contribution in [3.8, 4) is 0 Å². The lowest BCUT2D eigenvalue weighted by atomic mass is 9.88. The third-order valence-electron chi connectivity index (χ3n) is 3.77. The fraction of sp³-hybridized carbons (Fsp3) is 0.333. The summed E-state index contributed by atoms with van der Waals surface area (Å²) in [7, 11) is 1.40. The fourth-order valence-corrected chi connectivity index (χ4v) is 2.77. The second-order valence-electron chi connectivity index (χ2n) is 4.84. The van der Waals surface area contributed by atoms with Crippen molar-refractivity contribution in [2.24, 2.45) is 0 Å². The van der Waals surface area contributed by atoms with Crippen LogP contribution in [0.4, 0.5) is 0 Å². The number of hydrogen-bond donors (Lipinski definition) is 0. The van der Waals surface area contributed by atoms with E-state index in [1.807, 2.05) is 4.57 Å². The van der Waals surface area contributed by atoms with Crippen molar-refractivity contribution in [1.82, 2.24) is 9.55 Å². The van der Waals surface area contributed by atoms with Gasteiger partial charge in [-0.3, -0.25) is 0 Å². The Kier molecular flexibility index (Phi) is 3.07. The van der Waals surface area contributed by atoms with E-state index in [0.717, 1.165) is 19.3 Å². The van der Waals surface area contributed by atoms with Crippen LogP contribution in [0.15, 0.2) is 36.8 Å². The molecule has 0 radical (unpaired) electrons. The topological polar surface area (TPSA) is 44.1 Å². The zero-order valence-corrected chi connectivity index (χ0v) is 10.9. The van der Waals surface area contributed by atoms with Crippen LogP contribution >= 0.6 is 0 Å². The van der Waals surface area contributed by atoms with Crippen LogP contribution in [0.3, 0.4) is 0 Å². The molecule has 0 spiro atoms. The first-order valence-electron chi connectivity index (χ1n) is 6.46. The van der Waals surface area contributed by atoms with Crippen LogP contribution in [0.2, 0.25) is 0 Å². The average Bonchev–Trinajstić information content (AvgIpc) is 2.95. The zero-order chi connectivity index (χ0) is 13.2. The highest BCUT2D eigenvalue weighted by Crippen LogP contribution is 2.29. The maximum absolute atomic E-state index is 11.7. The van der Waals surface area contributed by atoms with Crippen molar-refractivity contribution in [3.63, 3.8) is 0 Å². The number of methoxy groups -OCH3 is 1. The van der Waals surface area contributed by atoms with Gasteiger partial charge in [0.1, 0.15) is 5.69 Å². The summed E-state index contributed by atoms with van der Waals surface area (Å²) in [5.74, 6) is -0.323. The second-order valence-corrected chi connectivity index (χ2v) is 4.84. The van der Waals surface area contributed by atoms with Crippen molar-refractivity contribution in [2.45, 2.75) is 25.3 Å². The zero-order valence-electron chi connectivity index (χ0n) is 10.9. The van der Waals surface area contributed by atoms with Gasteiger partial charge in [-0.05, 0) is 30.4 Å². The van der Waals surface area contributed by atoms with E-state index in [9.17, 15) is 4.79 Å². The average molecular weight is 256 g/mol. The summed E-state index contributed by atoms with van der Waals surface area (Å²) in [6.45, 7) is 0. The molecule has 1 atom stereocenters. The van der Waals surface area contributed by atoms with Crippen LogP contribution in [0, 0.1) is 0 Å². The number of ether oxygens (including phenoxy) is 1. The minimum Gasteiger partial charge on any atom is -0.464 e. The number of imidazole rings is 1. The molecular formula is C15H16N2O2. The van der Waals surface area contributed by atoms with Gasteiger partial charge in [0, 0.05) is 6.04 Å². The lowest BCUT2D eigenvalue weighted by Gasteiger charge is -2.26. The molecule has 3 rings (SSSR count). The SMILES string of the molecule is COC(=O)c1cncn1C1CCc2ccccc2C1. The van der Waals surface area contributed by atoms with E-state index in [-0.39, 0.29) is 12.0 Å². The number of rotatable bonds is 2. The van der Waals surface area contributed by atoms with Crippen molar-refractivity contribution in [3.05, 3.63) is 53.6 Å². The minimum absolute atomic E-state index is 0.284. The Balaban J connectivity index is 1.89. The van der Waals surface area contributed by atoms with E-state index >= 15 is 0 Å². The summed E-state index contributed by atoms with van der Waals surface area (Å²) in [6.07, 6.45) is 6.31. The van der Waals surface area contributed by atoms with E-state index < -0.39 is 0 Å². The van der Waals surface area contributed by atoms with Crippen LogP contribution < -0.4 is 0 Å². The molecule has 1 heterocycles. The Labute approximate surface area is 112 Å². The largest absolute Gasteiger partial charge is 0.464 e. The Hall–Kier alpha value is -2.10. The van der Waals surface area contributed by atoms with Crippen molar-refractivity contribution in [1.29, 1.82) is 0 Å². The Bertz CT molecular complexity index is 604. The molecule has 0 N–H and O–H groups in total. The molecule has 1 aliphatic rings. The van der Waals surface area contributed by atoms with Gasteiger partial charge in [-0.25, -0.2) is 9.78 Å². The summed E-state index contributed by atoms with van der Waals surface area (Å²) < 4.78 is 6.74. The number of aryl methyl sites for hydroxylation is 1. The lowest BCUT2D eigenvalue weighted by Crippen LogP contribution is -2.21. The number of fused-ring (bicyclic) bond motifs is 1. The molecule has 1 aromatic heterocycles. The molecule has 2 aromatic rings. The molecular weight excluding hydrogens is 240 g/mol. The quantitative estimate of drug-likeness (QED) is 0.775. The number of carbonyl (C=O) groups is 1. The minimum atomic E-state index is -0.323. The van der Waals surface area contributed by atoms with E-state index in [4.69, 9.17) is 4.74 Å². The highest BCUT2D eigenvalue weighted by molar-refractivity contribution is 5.87. The number of benzene rings is 1. The van der Waals surface area contributed by atoms with Gasteiger partial charge in [0.2, 0.25) is 0 Å². The smallest absolute Gasteiger partial charge is 0.356 e. The predicted octanol–water partition coefficient (Wildman–Crippen LogP) is 2.40. The summed E-state index contributed by atoms with van der Waals surface area (Å²) in [5.41, 5.74) is 3.31. The van der Waals surface area contributed by atoms with E-state index in [1.54, 1.807) is 12.5 Å². The van der Waals surface area contributed by atoms with Crippen molar-refractivity contribution >= 4 is 5.97 Å². The first kappa shape index (κ1) is 12.0. The standard InChI is InChI=1S/C15H16N2O2/c1-19-15(18)14-9-16-10-17(14)13-7-6-11-4-2-3-5-12(11)8-13/h2-5,9-10,13H,6-8H2,1H3. The fourth-order valence-electron chi connectivity index (χ4n) is 2.77. The molecule has 19 heavy (non-hydrogen) atoms. The van der Waals surface area contributed by atoms with Crippen molar-refractivity contribution in [2.75, 3.05) is 7.11 Å². The Morgan fingerprint density at radius 3 is 2.95 bits per heavy atom. The van der Waals surface area contributed by atoms with E-state index in [2.05, 4.69) is 29.2 Å². The molecule has 1 aliphatic carbocycles. The number of nitrogens with zero attached hydrogens (tertiary/aromatic N) is 2. The molecule has 1 aromatic carbocycles. The summed E-state index contributed by atoms with van der Waals surface area (Å²) in [5, 5.41) is 0. The summed E-state index contributed by atoms with van der Waals surface area (Å²) in [4.78, 5) is 15.8. The monoisotopic (exact) mass is 256 g/mol. The van der Waals surface area contributed by atoms with Gasteiger partial charge >= 0.3 is 5.97 Å². The van der Waals surface area contributed by atoms with Gasteiger partial charge in [0.25, 0.3) is 0 Å². The molecule has 98 valence electrons. The number of aromatic nitrogens is 2. The highest BCUT2D eigenvalue weighted by atomic mass is 16.5. The van der Waals surface area contributed by atoms with Crippen LogP contribution in [-0.4, -0.2) is 22.6 Å². The normalized spacial score (nSPS) is 17.8. The maximum Gasteiger partial charge on any atom is 0.356 e. The second kappa shape index (κ2) is 4.88. The molecule has 0 saturated carbocycles. The number of hydrogen-bond acceptors (Lipinski definition) is 3. The first-order chi connectivity index (χ1) is 9.29. The van der Waals surface area contributed by atoms with Crippen LogP contribution in [0.1, 0.15) is 34.1 Å².